The molecule has 2 rings (SSSR count). The Morgan fingerprint density at radius 2 is 1.87 bits per heavy atom. The molecule has 0 aliphatic rings. The van der Waals surface area contributed by atoms with Crippen LogP contribution in [0.3, 0.4) is 0 Å². The van der Waals surface area contributed by atoms with E-state index in [-0.39, 0.29) is 0 Å². The van der Waals surface area contributed by atoms with E-state index in [4.69, 9.17) is 0 Å². The lowest BCUT2D eigenvalue weighted by molar-refractivity contribution is 0.111. The van der Waals surface area contributed by atoms with E-state index in [0.717, 1.165) is 23.1 Å². The molecule has 0 radical (unpaired) electrons. The molecule has 0 spiro atoms. The van der Waals surface area contributed by atoms with Gasteiger partial charge in [-0.15, -0.1) is 0 Å². The monoisotopic (exact) mass is 197 g/mol. The van der Waals surface area contributed by atoms with Crippen LogP contribution in [0.1, 0.15) is 16.1 Å². The third-order valence-corrected chi connectivity index (χ3v) is 2.18. The van der Waals surface area contributed by atoms with E-state index in [9.17, 15) is 4.79 Å². The topological polar surface area (TPSA) is 30.0 Å². The lowest BCUT2D eigenvalue weighted by Gasteiger charge is -2.02. The van der Waals surface area contributed by atoms with E-state index in [0.29, 0.717) is 5.69 Å². The molecule has 2 heteroatoms. The van der Waals surface area contributed by atoms with Crippen molar-refractivity contribution in [2.45, 2.75) is 6.92 Å². The minimum absolute atomic E-state index is 0.480. The first-order valence-corrected chi connectivity index (χ1v) is 4.79. The zero-order chi connectivity index (χ0) is 10.7. The number of nitrogens with zero attached hydrogens (tertiary/aromatic N) is 1. The summed E-state index contributed by atoms with van der Waals surface area (Å²) in [5, 5.41) is 0. The third-order valence-electron chi connectivity index (χ3n) is 2.18. The smallest absolute Gasteiger partial charge is 0.168 e. The van der Waals surface area contributed by atoms with Gasteiger partial charge in [0.2, 0.25) is 0 Å². The average Bonchev–Trinajstić information content (AvgIpc) is 2.29. The van der Waals surface area contributed by atoms with Crippen molar-refractivity contribution in [3.63, 3.8) is 0 Å². The molecule has 74 valence electrons. The summed E-state index contributed by atoms with van der Waals surface area (Å²) in [6.45, 7) is 1.96. The van der Waals surface area contributed by atoms with Crippen LogP contribution in [0.2, 0.25) is 0 Å². The van der Waals surface area contributed by atoms with Gasteiger partial charge < -0.3 is 0 Å². The summed E-state index contributed by atoms with van der Waals surface area (Å²) in [5.41, 5.74) is 3.40. The van der Waals surface area contributed by atoms with Crippen LogP contribution in [0.4, 0.5) is 0 Å². The Morgan fingerprint density at radius 3 is 2.53 bits per heavy atom. The average molecular weight is 197 g/mol. The van der Waals surface area contributed by atoms with E-state index < -0.39 is 0 Å². The van der Waals surface area contributed by atoms with Gasteiger partial charge in [-0.2, -0.15) is 0 Å². The van der Waals surface area contributed by atoms with E-state index in [1.165, 1.54) is 0 Å². The maximum absolute atomic E-state index is 10.7. The number of aromatic nitrogens is 1. The molecule has 0 fully saturated rings. The minimum atomic E-state index is 0.480. The zero-order valence-corrected chi connectivity index (χ0v) is 8.47. The predicted molar refractivity (Wildman–Crippen MR) is 59.8 cm³/mol. The van der Waals surface area contributed by atoms with Gasteiger partial charge in [0.15, 0.2) is 6.29 Å². The summed E-state index contributed by atoms with van der Waals surface area (Å²) in [4.78, 5) is 14.9. The van der Waals surface area contributed by atoms with Gasteiger partial charge in [0, 0.05) is 5.56 Å². The number of carbonyl (C=O) groups excluding carboxylic acids is 1. The van der Waals surface area contributed by atoms with Gasteiger partial charge in [-0.05, 0) is 24.6 Å². The quantitative estimate of drug-likeness (QED) is 0.693. The number of benzene rings is 1. The fourth-order valence-corrected chi connectivity index (χ4v) is 1.51. The predicted octanol–water partition coefficient (Wildman–Crippen LogP) is 2.87. The highest BCUT2D eigenvalue weighted by Gasteiger charge is 2.01. The second kappa shape index (κ2) is 4.05. The van der Waals surface area contributed by atoms with Crippen molar-refractivity contribution in [1.82, 2.24) is 4.98 Å². The molecule has 2 nitrogen and oxygen atoms in total. The van der Waals surface area contributed by atoms with Gasteiger partial charge in [-0.25, -0.2) is 4.98 Å². The Labute approximate surface area is 88.6 Å². The maximum Gasteiger partial charge on any atom is 0.168 e. The molecule has 0 atom stereocenters. The van der Waals surface area contributed by atoms with Crippen molar-refractivity contribution in [3.8, 4) is 11.3 Å². The fraction of sp³-hybridized carbons (Fsp3) is 0.0769. The number of pyridine rings is 1. The number of hydrogen-bond donors (Lipinski definition) is 0. The van der Waals surface area contributed by atoms with Gasteiger partial charge in [-0.1, -0.05) is 30.3 Å². The third kappa shape index (κ3) is 2.10. The molecule has 0 saturated carbocycles. The second-order valence-electron chi connectivity index (χ2n) is 3.44. The first-order valence-electron chi connectivity index (χ1n) is 4.79. The van der Waals surface area contributed by atoms with Crippen molar-refractivity contribution in [1.29, 1.82) is 0 Å². The largest absolute Gasteiger partial charge is 0.296 e. The molecule has 1 heterocycles. The molecule has 0 bridgehead atoms. The number of carbonyl (C=O) groups is 1. The lowest BCUT2D eigenvalue weighted by atomic mass is 10.1. The molecule has 2 aromatic rings. The van der Waals surface area contributed by atoms with Crippen LogP contribution in [0, 0.1) is 6.92 Å². The number of hydrogen-bond acceptors (Lipinski definition) is 2. The summed E-state index contributed by atoms with van der Waals surface area (Å²) in [6, 6.07) is 13.6. The highest BCUT2D eigenvalue weighted by Crippen LogP contribution is 2.17. The maximum atomic E-state index is 10.7. The van der Waals surface area contributed by atoms with Gasteiger partial charge in [0.1, 0.15) is 5.69 Å². The summed E-state index contributed by atoms with van der Waals surface area (Å²) in [7, 11) is 0. The number of aryl methyl sites for hydroxylation is 1. The molecule has 0 unspecified atom stereocenters. The summed E-state index contributed by atoms with van der Waals surface area (Å²) < 4.78 is 0. The Bertz CT molecular complexity index is 477. The van der Waals surface area contributed by atoms with Crippen LogP contribution >= 0.6 is 0 Å². The molecular formula is C13H11NO. The Hall–Kier alpha value is -1.96. The molecule has 0 aliphatic carbocycles. The van der Waals surface area contributed by atoms with Crippen molar-refractivity contribution >= 4 is 6.29 Å². The molecule has 0 N–H and O–H groups in total. The van der Waals surface area contributed by atoms with Crippen LogP contribution in [0.15, 0.2) is 42.5 Å². The molecule has 0 amide bonds. The van der Waals surface area contributed by atoms with Crippen LogP contribution < -0.4 is 0 Å². The highest BCUT2D eigenvalue weighted by atomic mass is 16.1. The Kier molecular flexibility index (Phi) is 2.59. The lowest BCUT2D eigenvalue weighted by Crippen LogP contribution is -1.91. The summed E-state index contributed by atoms with van der Waals surface area (Å²) in [5.74, 6) is 0. The normalized spacial score (nSPS) is 9.93. The van der Waals surface area contributed by atoms with Crippen LogP contribution in [0.25, 0.3) is 11.3 Å². The van der Waals surface area contributed by atoms with E-state index in [1.807, 2.05) is 43.3 Å². The van der Waals surface area contributed by atoms with Crippen molar-refractivity contribution in [2.75, 3.05) is 0 Å². The highest BCUT2D eigenvalue weighted by molar-refractivity contribution is 5.74. The van der Waals surface area contributed by atoms with Gasteiger partial charge in [0.05, 0.1) is 5.69 Å². The van der Waals surface area contributed by atoms with Crippen LogP contribution in [0.5, 0.6) is 0 Å². The fourth-order valence-electron chi connectivity index (χ4n) is 1.51. The van der Waals surface area contributed by atoms with Gasteiger partial charge >= 0.3 is 0 Å². The van der Waals surface area contributed by atoms with E-state index in [2.05, 4.69) is 4.98 Å². The van der Waals surface area contributed by atoms with Gasteiger partial charge in [0.25, 0.3) is 0 Å². The number of rotatable bonds is 2. The second-order valence-corrected chi connectivity index (χ2v) is 3.44. The Balaban J connectivity index is 2.53. The molecule has 0 aliphatic heterocycles. The van der Waals surface area contributed by atoms with E-state index >= 15 is 0 Å². The van der Waals surface area contributed by atoms with Crippen molar-refractivity contribution < 1.29 is 4.79 Å². The van der Waals surface area contributed by atoms with Crippen molar-refractivity contribution in [2.24, 2.45) is 0 Å². The summed E-state index contributed by atoms with van der Waals surface area (Å²) >= 11 is 0. The van der Waals surface area contributed by atoms with Crippen LogP contribution in [-0.4, -0.2) is 11.3 Å². The standard InChI is InChI=1S/C13H11NO/c1-10-7-12(9-15)14-13(8-10)11-5-3-2-4-6-11/h2-9H,1H3. The first kappa shape index (κ1) is 9.59. The Morgan fingerprint density at radius 1 is 1.13 bits per heavy atom. The molecule has 0 saturated heterocycles. The van der Waals surface area contributed by atoms with Crippen molar-refractivity contribution in [3.05, 3.63) is 53.7 Å². The molecule has 1 aromatic heterocycles. The van der Waals surface area contributed by atoms with Crippen LogP contribution in [-0.2, 0) is 0 Å². The SMILES string of the molecule is Cc1cc(C=O)nc(-c2ccccc2)c1. The molecule has 15 heavy (non-hydrogen) atoms. The zero-order valence-electron chi connectivity index (χ0n) is 8.47. The number of aldehydes is 1. The summed E-state index contributed by atoms with van der Waals surface area (Å²) in [6.07, 6.45) is 0.777. The molecular weight excluding hydrogens is 186 g/mol. The molecule has 1 aromatic carbocycles. The van der Waals surface area contributed by atoms with E-state index in [1.54, 1.807) is 6.07 Å². The first-order chi connectivity index (χ1) is 7.29. The van der Waals surface area contributed by atoms with Gasteiger partial charge in [-0.3, -0.25) is 4.79 Å². The minimum Gasteiger partial charge on any atom is -0.296 e.